The Morgan fingerprint density at radius 3 is 2.67 bits per heavy atom. The van der Waals surface area contributed by atoms with Gasteiger partial charge in [0.2, 0.25) is 0 Å². The Bertz CT molecular complexity index is 650. The predicted octanol–water partition coefficient (Wildman–Crippen LogP) is 2.84. The van der Waals surface area contributed by atoms with Crippen LogP contribution in [0.3, 0.4) is 0 Å². The van der Waals surface area contributed by atoms with Crippen LogP contribution >= 0.6 is 0 Å². The second kappa shape index (κ2) is 5.99. The lowest BCUT2D eigenvalue weighted by molar-refractivity contribution is 0.0946. The summed E-state index contributed by atoms with van der Waals surface area (Å²) >= 11 is 0. The number of rotatable bonds is 3. The summed E-state index contributed by atoms with van der Waals surface area (Å²) in [5.41, 5.74) is 1.58. The molecule has 2 rings (SSSR count). The minimum absolute atomic E-state index is 0.0339. The van der Waals surface area contributed by atoms with E-state index in [0.29, 0.717) is 0 Å². The maximum atomic E-state index is 13.5. The number of nitrogens with one attached hydrogen (secondary N) is 1. The maximum Gasteiger partial charge on any atom is 0.254 e. The van der Waals surface area contributed by atoms with Gasteiger partial charge in [-0.1, -0.05) is 32.9 Å². The van der Waals surface area contributed by atoms with Gasteiger partial charge < -0.3 is 5.32 Å². The van der Waals surface area contributed by atoms with Gasteiger partial charge in [0, 0.05) is 23.7 Å². The number of aromatic nitrogens is 2. The van der Waals surface area contributed by atoms with Gasteiger partial charge in [-0.05, 0) is 12.1 Å². The lowest BCUT2D eigenvalue weighted by atomic mass is 9.89. The molecular formula is C16H18FN3O. The third kappa shape index (κ3) is 3.62. The fraction of sp³-hybridized carbons (Fsp3) is 0.312. The topological polar surface area (TPSA) is 54.9 Å². The lowest BCUT2D eigenvalue weighted by Gasteiger charge is -2.21. The summed E-state index contributed by atoms with van der Waals surface area (Å²) in [6, 6.07) is 5.90. The summed E-state index contributed by atoms with van der Waals surface area (Å²) in [4.78, 5) is 20.3. The summed E-state index contributed by atoms with van der Waals surface area (Å²) in [6.45, 7) is 6.38. The van der Waals surface area contributed by atoms with Crippen LogP contribution in [0.1, 0.15) is 42.4 Å². The third-order valence-electron chi connectivity index (χ3n) is 3.06. The average Bonchev–Trinajstić information content (AvgIpc) is 2.44. The normalized spacial score (nSPS) is 11.2. The minimum Gasteiger partial charge on any atom is -0.348 e. The molecule has 1 heterocycles. The number of halogens is 1. The zero-order valence-corrected chi connectivity index (χ0v) is 12.4. The number of hydrogen-bond donors (Lipinski definition) is 1. The molecule has 0 saturated heterocycles. The monoisotopic (exact) mass is 287 g/mol. The molecule has 1 amide bonds. The van der Waals surface area contributed by atoms with Gasteiger partial charge in [0.25, 0.3) is 5.91 Å². The molecule has 4 nitrogen and oxygen atoms in total. The molecule has 0 saturated carbocycles. The van der Waals surface area contributed by atoms with E-state index < -0.39 is 11.7 Å². The molecule has 0 bridgehead atoms. The van der Waals surface area contributed by atoms with Gasteiger partial charge >= 0.3 is 0 Å². The molecule has 0 unspecified atom stereocenters. The third-order valence-corrected chi connectivity index (χ3v) is 3.06. The highest BCUT2D eigenvalue weighted by Crippen LogP contribution is 2.22. The quantitative estimate of drug-likeness (QED) is 0.944. The van der Waals surface area contributed by atoms with Crippen molar-refractivity contribution in [3.8, 4) is 0 Å². The van der Waals surface area contributed by atoms with Crippen molar-refractivity contribution in [2.45, 2.75) is 32.7 Å². The fourth-order valence-corrected chi connectivity index (χ4v) is 2.08. The van der Waals surface area contributed by atoms with Crippen molar-refractivity contribution in [1.82, 2.24) is 15.3 Å². The summed E-state index contributed by atoms with van der Waals surface area (Å²) in [5, 5.41) is 2.71. The van der Waals surface area contributed by atoms with Crippen LogP contribution < -0.4 is 5.32 Å². The van der Waals surface area contributed by atoms with Crippen molar-refractivity contribution in [3.63, 3.8) is 0 Å². The number of carbonyl (C=O) groups is 1. The minimum atomic E-state index is -0.532. The molecule has 0 atom stereocenters. The predicted molar refractivity (Wildman–Crippen MR) is 78.3 cm³/mol. The van der Waals surface area contributed by atoms with Gasteiger partial charge in [0.1, 0.15) is 12.1 Å². The second-order valence-electron chi connectivity index (χ2n) is 5.81. The number of hydrogen-bond acceptors (Lipinski definition) is 3. The van der Waals surface area contributed by atoms with Crippen LogP contribution in [0.2, 0.25) is 0 Å². The smallest absolute Gasteiger partial charge is 0.254 e. The molecule has 1 aromatic carbocycles. The molecule has 110 valence electrons. The highest BCUT2D eigenvalue weighted by atomic mass is 19.1. The Kier molecular flexibility index (Phi) is 4.31. The molecule has 0 spiro atoms. The van der Waals surface area contributed by atoms with Gasteiger partial charge in [-0.15, -0.1) is 0 Å². The van der Waals surface area contributed by atoms with Crippen LogP contribution in [0, 0.1) is 5.82 Å². The van der Waals surface area contributed by atoms with Crippen LogP contribution in [0.25, 0.3) is 0 Å². The van der Waals surface area contributed by atoms with E-state index in [4.69, 9.17) is 0 Å². The van der Waals surface area contributed by atoms with E-state index in [9.17, 15) is 9.18 Å². The molecule has 0 fully saturated rings. The van der Waals surface area contributed by atoms with Crippen LogP contribution in [-0.2, 0) is 12.0 Å². The highest BCUT2D eigenvalue weighted by molar-refractivity contribution is 5.94. The molecule has 0 radical (unpaired) electrons. The lowest BCUT2D eigenvalue weighted by Crippen LogP contribution is -2.26. The number of carbonyl (C=O) groups excluding carboxylic acids is 1. The summed E-state index contributed by atoms with van der Waals surface area (Å²) in [5.74, 6) is -0.979. The summed E-state index contributed by atoms with van der Waals surface area (Å²) < 4.78 is 13.5. The van der Waals surface area contributed by atoms with Gasteiger partial charge in [-0.3, -0.25) is 4.79 Å². The van der Waals surface area contributed by atoms with E-state index in [-0.39, 0.29) is 17.5 Å². The highest BCUT2D eigenvalue weighted by Gasteiger charge is 2.20. The molecule has 0 aliphatic rings. The van der Waals surface area contributed by atoms with Crippen molar-refractivity contribution in [1.29, 1.82) is 0 Å². The van der Waals surface area contributed by atoms with E-state index in [1.165, 1.54) is 18.5 Å². The van der Waals surface area contributed by atoms with E-state index in [2.05, 4.69) is 15.3 Å². The first-order valence-corrected chi connectivity index (χ1v) is 6.71. The maximum absolute atomic E-state index is 13.5. The first kappa shape index (κ1) is 15.1. The van der Waals surface area contributed by atoms with Crippen LogP contribution in [-0.4, -0.2) is 15.9 Å². The number of amides is 1. The van der Waals surface area contributed by atoms with Gasteiger partial charge in [0.05, 0.1) is 11.3 Å². The number of benzene rings is 1. The zero-order valence-electron chi connectivity index (χ0n) is 12.4. The summed E-state index contributed by atoms with van der Waals surface area (Å²) in [7, 11) is 0. The van der Waals surface area contributed by atoms with Crippen LogP contribution in [0.5, 0.6) is 0 Å². The zero-order chi connectivity index (χ0) is 15.5. The standard InChI is InChI=1S/C16H18FN3O/c1-16(2,3)14-11(8-18-10-20-14)9-19-15(21)12-6-4-5-7-13(12)17/h4-8,10H,9H2,1-3H3,(H,19,21). The van der Waals surface area contributed by atoms with E-state index in [1.54, 1.807) is 18.3 Å². The molecule has 2 aromatic rings. The Hall–Kier alpha value is -2.30. The van der Waals surface area contributed by atoms with Crippen molar-refractivity contribution >= 4 is 5.91 Å². The first-order chi connectivity index (χ1) is 9.89. The molecular weight excluding hydrogens is 269 g/mol. The van der Waals surface area contributed by atoms with E-state index in [1.807, 2.05) is 20.8 Å². The van der Waals surface area contributed by atoms with E-state index >= 15 is 0 Å². The SMILES string of the molecule is CC(C)(C)c1ncncc1CNC(=O)c1ccccc1F. The Labute approximate surface area is 123 Å². The average molecular weight is 287 g/mol. The van der Waals surface area contributed by atoms with Gasteiger partial charge in [0.15, 0.2) is 0 Å². The van der Waals surface area contributed by atoms with Crippen molar-refractivity contribution < 1.29 is 9.18 Å². The first-order valence-electron chi connectivity index (χ1n) is 6.71. The summed E-state index contributed by atoms with van der Waals surface area (Å²) in [6.07, 6.45) is 3.16. The van der Waals surface area contributed by atoms with Gasteiger partial charge in [-0.2, -0.15) is 0 Å². The molecule has 0 aliphatic heterocycles. The molecule has 1 aromatic heterocycles. The number of nitrogens with zero attached hydrogens (tertiary/aromatic N) is 2. The van der Waals surface area contributed by atoms with Crippen molar-refractivity contribution in [3.05, 3.63) is 59.4 Å². The Balaban J connectivity index is 2.14. The Morgan fingerprint density at radius 1 is 1.29 bits per heavy atom. The molecule has 1 N–H and O–H groups in total. The van der Waals surface area contributed by atoms with Crippen LogP contribution in [0.15, 0.2) is 36.8 Å². The van der Waals surface area contributed by atoms with E-state index in [0.717, 1.165) is 11.3 Å². The molecule has 21 heavy (non-hydrogen) atoms. The largest absolute Gasteiger partial charge is 0.348 e. The molecule has 0 aliphatic carbocycles. The van der Waals surface area contributed by atoms with Gasteiger partial charge in [-0.25, -0.2) is 14.4 Å². The molecule has 5 heteroatoms. The Morgan fingerprint density at radius 2 is 2.00 bits per heavy atom. The van der Waals surface area contributed by atoms with Crippen molar-refractivity contribution in [2.24, 2.45) is 0 Å². The van der Waals surface area contributed by atoms with Crippen LogP contribution in [0.4, 0.5) is 4.39 Å². The second-order valence-corrected chi connectivity index (χ2v) is 5.81. The fourth-order valence-electron chi connectivity index (χ4n) is 2.08. The van der Waals surface area contributed by atoms with Crippen molar-refractivity contribution in [2.75, 3.05) is 0 Å².